The summed E-state index contributed by atoms with van der Waals surface area (Å²) in [4.78, 5) is 26.5. The second-order valence-electron chi connectivity index (χ2n) is 6.23. The van der Waals surface area contributed by atoms with Crippen molar-refractivity contribution in [3.8, 4) is 0 Å². The van der Waals surface area contributed by atoms with Crippen LogP contribution in [0.1, 0.15) is 30.3 Å². The summed E-state index contributed by atoms with van der Waals surface area (Å²) >= 11 is 0. The third-order valence-corrected chi connectivity index (χ3v) is 4.50. The van der Waals surface area contributed by atoms with Crippen molar-refractivity contribution < 1.29 is 14.2 Å². The molecule has 1 atom stereocenters. The van der Waals surface area contributed by atoms with E-state index in [2.05, 4.69) is 10.1 Å². The van der Waals surface area contributed by atoms with Gasteiger partial charge in [0.2, 0.25) is 5.91 Å². The standard InChI is InChI=1S/C17H20N4O4/c1-12-10-16(25-18-12)15-4-3-9-20(15)11-17(22)19(2)13-5-7-14(8-6-13)21(23)24/h5-8,10,15H,3-4,9,11H2,1-2H3/t15-/m0/s1. The molecule has 0 unspecified atom stereocenters. The van der Waals surface area contributed by atoms with Crippen LogP contribution in [0.25, 0.3) is 0 Å². The Morgan fingerprint density at radius 2 is 2.16 bits per heavy atom. The first kappa shape index (κ1) is 17.1. The van der Waals surface area contributed by atoms with Crippen molar-refractivity contribution in [1.29, 1.82) is 0 Å². The van der Waals surface area contributed by atoms with Gasteiger partial charge < -0.3 is 9.42 Å². The van der Waals surface area contributed by atoms with Crippen LogP contribution in [-0.2, 0) is 4.79 Å². The Labute approximate surface area is 145 Å². The molecule has 2 aromatic rings. The van der Waals surface area contributed by atoms with E-state index in [1.54, 1.807) is 19.2 Å². The lowest BCUT2D eigenvalue weighted by Crippen LogP contribution is -2.38. The number of carbonyl (C=O) groups is 1. The molecule has 8 nitrogen and oxygen atoms in total. The third kappa shape index (κ3) is 3.69. The molecule has 0 saturated carbocycles. The van der Waals surface area contributed by atoms with Crippen molar-refractivity contribution in [1.82, 2.24) is 10.1 Å². The van der Waals surface area contributed by atoms with Crippen LogP contribution in [0, 0.1) is 17.0 Å². The number of non-ortho nitro benzene ring substituents is 1. The average molecular weight is 344 g/mol. The van der Waals surface area contributed by atoms with Crippen molar-refractivity contribution in [2.75, 3.05) is 25.0 Å². The Hall–Kier alpha value is -2.74. The number of amides is 1. The topological polar surface area (TPSA) is 92.7 Å². The number of aryl methyl sites for hydroxylation is 1. The van der Waals surface area contributed by atoms with Gasteiger partial charge in [0.15, 0.2) is 5.76 Å². The summed E-state index contributed by atoms with van der Waals surface area (Å²) < 4.78 is 5.36. The maximum atomic E-state index is 12.6. The van der Waals surface area contributed by atoms with E-state index < -0.39 is 4.92 Å². The van der Waals surface area contributed by atoms with Crippen LogP contribution in [-0.4, -0.2) is 41.0 Å². The van der Waals surface area contributed by atoms with Gasteiger partial charge >= 0.3 is 0 Å². The van der Waals surface area contributed by atoms with Gasteiger partial charge in [0.1, 0.15) is 0 Å². The zero-order valence-electron chi connectivity index (χ0n) is 14.2. The highest BCUT2D eigenvalue weighted by Gasteiger charge is 2.31. The number of carbonyl (C=O) groups excluding carboxylic acids is 1. The minimum Gasteiger partial charge on any atom is -0.359 e. The van der Waals surface area contributed by atoms with Gasteiger partial charge in [-0.1, -0.05) is 5.16 Å². The molecule has 1 aromatic carbocycles. The molecule has 132 valence electrons. The number of likely N-dealkylation sites (N-methyl/N-ethyl adjacent to an activating group) is 1. The number of anilines is 1. The molecule has 1 aliphatic rings. The first-order valence-electron chi connectivity index (χ1n) is 8.14. The Balaban J connectivity index is 1.67. The molecule has 25 heavy (non-hydrogen) atoms. The predicted octanol–water partition coefficient (Wildman–Crippen LogP) is 2.69. The van der Waals surface area contributed by atoms with Crippen molar-refractivity contribution in [2.45, 2.75) is 25.8 Å². The highest BCUT2D eigenvalue weighted by molar-refractivity contribution is 5.94. The molecule has 3 rings (SSSR count). The molecule has 0 aliphatic carbocycles. The number of likely N-dealkylation sites (tertiary alicyclic amines) is 1. The summed E-state index contributed by atoms with van der Waals surface area (Å²) in [6.45, 7) is 2.96. The van der Waals surface area contributed by atoms with E-state index >= 15 is 0 Å². The summed E-state index contributed by atoms with van der Waals surface area (Å²) in [7, 11) is 1.67. The van der Waals surface area contributed by atoms with Crippen molar-refractivity contribution >= 4 is 17.3 Å². The maximum Gasteiger partial charge on any atom is 0.269 e. The second kappa shape index (κ2) is 7.02. The molecule has 0 spiro atoms. The van der Waals surface area contributed by atoms with E-state index in [4.69, 9.17) is 4.52 Å². The van der Waals surface area contributed by atoms with Gasteiger partial charge in [0, 0.05) is 30.9 Å². The van der Waals surface area contributed by atoms with Gasteiger partial charge in [-0.25, -0.2) is 0 Å². The Bertz CT molecular complexity index is 771. The average Bonchev–Trinajstić information content (AvgIpc) is 3.22. The largest absolute Gasteiger partial charge is 0.359 e. The van der Waals surface area contributed by atoms with Crippen LogP contribution in [0.2, 0.25) is 0 Å². The van der Waals surface area contributed by atoms with Crippen molar-refractivity contribution in [3.05, 3.63) is 51.9 Å². The first-order valence-corrected chi connectivity index (χ1v) is 8.14. The maximum absolute atomic E-state index is 12.6. The van der Waals surface area contributed by atoms with Gasteiger partial charge in [-0.3, -0.25) is 19.8 Å². The number of nitrogens with zero attached hydrogens (tertiary/aromatic N) is 4. The fraction of sp³-hybridized carbons (Fsp3) is 0.412. The Morgan fingerprint density at radius 1 is 1.44 bits per heavy atom. The van der Waals surface area contributed by atoms with E-state index in [1.165, 1.54) is 17.0 Å². The summed E-state index contributed by atoms with van der Waals surface area (Å²) in [5.74, 6) is 0.720. The van der Waals surface area contributed by atoms with Crippen LogP contribution in [0.15, 0.2) is 34.9 Å². The van der Waals surface area contributed by atoms with Gasteiger partial charge in [-0.2, -0.15) is 0 Å². The first-order chi connectivity index (χ1) is 12.0. The number of hydrogen-bond acceptors (Lipinski definition) is 6. The third-order valence-electron chi connectivity index (χ3n) is 4.50. The molecule has 1 fully saturated rings. The summed E-state index contributed by atoms with van der Waals surface area (Å²) in [5.41, 5.74) is 1.46. The van der Waals surface area contributed by atoms with Crippen LogP contribution >= 0.6 is 0 Å². The van der Waals surface area contributed by atoms with E-state index in [-0.39, 0.29) is 24.2 Å². The van der Waals surface area contributed by atoms with Gasteiger partial charge in [-0.15, -0.1) is 0 Å². The minimum atomic E-state index is -0.459. The van der Waals surface area contributed by atoms with Crippen LogP contribution in [0.3, 0.4) is 0 Å². The second-order valence-corrected chi connectivity index (χ2v) is 6.23. The molecule has 1 aromatic heterocycles. The number of nitro groups is 1. The lowest BCUT2D eigenvalue weighted by Gasteiger charge is -2.25. The molecule has 8 heteroatoms. The molecule has 1 saturated heterocycles. The lowest BCUT2D eigenvalue weighted by molar-refractivity contribution is -0.384. The molecule has 0 N–H and O–H groups in total. The summed E-state index contributed by atoms with van der Waals surface area (Å²) in [6, 6.07) is 7.93. The van der Waals surface area contributed by atoms with Gasteiger partial charge in [-0.05, 0) is 38.4 Å². The SMILES string of the molecule is Cc1cc([C@@H]2CCCN2CC(=O)N(C)c2ccc([N+](=O)[O-])cc2)on1. The highest BCUT2D eigenvalue weighted by atomic mass is 16.6. The van der Waals surface area contributed by atoms with E-state index in [1.807, 2.05) is 13.0 Å². The normalized spacial score (nSPS) is 17.6. The van der Waals surface area contributed by atoms with Gasteiger partial charge in [0.25, 0.3) is 5.69 Å². The molecule has 0 radical (unpaired) electrons. The zero-order chi connectivity index (χ0) is 18.0. The minimum absolute atomic E-state index is 0.00453. The monoisotopic (exact) mass is 344 g/mol. The molecular formula is C17H20N4O4. The number of rotatable bonds is 5. The van der Waals surface area contributed by atoms with E-state index in [9.17, 15) is 14.9 Å². The van der Waals surface area contributed by atoms with Crippen LogP contribution in [0.4, 0.5) is 11.4 Å². The molecule has 1 aliphatic heterocycles. The fourth-order valence-electron chi connectivity index (χ4n) is 3.10. The highest BCUT2D eigenvalue weighted by Crippen LogP contribution is 2.32. The van der Waals surface area contributed by atoms with E-state index in [0.29, 0.717) is 5.69 Å². The van der Waals surface area contributed by atoms with Crippen molar-refractivity contribution in [3.63, 3.8) is 0 Å². The summed E-state index contributed by atoms with van der Waals surface area (Å²) in [6.07, 6.45) is 1.93. The summed E-state index contributed by atoms with van der Waals surface area (Å²) in [5, 5.41) is 14.7. The Kier molecular flexibility index (Phi) is 4.80. The number of aromatic nitrogens is 1. The Morgan fingerprint density at radius 3 is 2.76 bits per heavy atom. The van der Waals surface area contributed by atoms with Crippen LogP contribution < -0.4 is 4.90 Å². The van der Waals surface area contributed by atoms with E-state index in [0.717, 1.165) is 30.8 Å². The lowest BCUT2D eigenvalue weighted by atomic mass is 10.1. The molecular weight excluding hydrogens is 324 g/mol. The number of nitro benzene ring substituents is 1. The fourth-order valence-corrected chi connectivity index (χ4v) is 3.10. The molecule has 1 amide bonds. The molecule has 0 bridgehead atoms. The smallest absolute Gasteiger partial charge is 0.269 e. The predicted molar refractivity (Wildman–Crippen MR) is 91.3 cm³/mol. The van der Waals surface area contributed by atoms with Crippen molar-refractivity contribution in [2.24, 2.45) is 0 Å². The quantitative estimate of drug-likeness (QED) is 0.611. The number of benzene rings is 1. The molecule has 2 heterocycles. The van der Waals surface area contributed by atoms with Gasteiger partial charge in [0.05, 0.1) is 23.2 Å². The zero-order valence-corrected chi connectivity index (χ0v) is 14.2. The number of hydrogen-bond donors (Lipinski definition) is 0. The van der Waals surface area contributed by atoms with Crippen LogP contribution in [0.5, 0.6) is 0 Å².